The van der Waals surface area contributed by atoms with Gasteiger partial charge >= 0.3 is 0 Å². The maximum Gasteiger partial charge on any atom is 0.250 e. The van der Waals surface area contributed by atoms with E-state index in [4.69, 9.17) is 4.98 Å². The highest BCUT2D eigenvalue weighted by molar-refractivity contribution is 6.05. The molecule has 1 amide bonds. The summed E-state index contributed by atoms with van der Waals surface area (Å²) in [5.74, 6) is 1.78. The Bertz CT molecular complexity index is 1580. The number of carbonyl (C=O) groups is 1. The molecule has 0 unspecified atom stereocenters. The summed E-state index contributed by atoms with van der Waals surface area (Å²) in [4.78, 5) is 42.3. The van der Waals surface area contributed by atoms with Crippen molar-refractivity contribution in [3.8, 4) is 28.7 Å². The van der Waals surface area contributed by atoms with Gasteiger partial charge in [-0.2, -0.15) is 5.26 Å². The first-order chi connectivity index (χ1) is 17.3. The van der Waals surface area contributed by atoms with E-state index in [0.29, 0.717) is 54.0 Å². The van der Waals surface area contributed by atoms with Crippen molar-refractivity contribution in [2.75, 3.05) is 18.4 Å². The fourth-order valence-corrected chi connectivity index (χ4v) is 5.09. The molecule has 6 rings (SSSR count). The van der Waals surface area contributed by atoms with E-state index in [1.165, 1.54) is 6.33 Å². The normalized spacial score (nSPS) is 20.6. The number of likely N-dealkylation sites (tertiary alicyclic amines) is 1. The summed E-state index contributed by atoms with van der Waals surface area (Å²) >= 11 is 0. The Kier molecular flexibility index (Phi) is 4.68. The first kappa shape index (κ1) is 22.2. The SMILES string of the molecule is CCn1c(-c2cnc(C)nc2)nc2c(-c3cnc4c(c3)[C@@](C)(N3CC(C)(C#N)C3)C(=O)N4)ncnc21. The molecule has 1 fully saturated rings. The van der Waals surface area contributed by atoms with Crippen LogP contribution in [0.5, 0.6) is 0 Å². The minimum absolute atomic E-state index is 0.146. The number of amides is 1. The van der Waals surface area contributed by atoms with Gasteiger partial charge in [-0.05, 0) is 33.8 Å². The van der Waals surface area contributed by atoms with E-state index in [1.54, 1.807) is 18.6 Å². The van der Waals surface area contributed by atoms with Gasteiger partial charge in [-0.1, -0.05) is 0 Å². The number of imidazole rings is 1. The number of hydrogen-bond acceptors (Lipinski definition) is 9. The smallest absolute Gasteiger partial charge is 0.250 e. The summed E-state index contributed by atoms with van der Waals surface area (Å²) < 4.78 is 2.01. The van der Waals surface area contributed by atoms with Crippen molar-refractivity contribution in [2.45, 2.75) is 39.8 Å². The van der Waals surface area contributed by atoms with Crippen LogP contribution in [0.2, 0.25) is 0 Å². The number of pyridine rings is 1. The Balaban J connectivity index is 1.47. The Hall–Kier alpha value is -4.30. The van der Waals surface area contributed by atoms with Crippen LogP contribution in [0.3, 0.4) is 0 Å². The molecule has 6 heterocycles. The van der Waals surface area contributed by atoms with E-state index in [-0.39, 0.29) is 5.91 Å². The highest BCUT2D eigenvalue weighted by Gasteiger charge is 2.55. The van der Waals surface area contributed by atoms with E-state index < -0.39 is 11.0 Å². The number of nitrogens with zero attached hydrogens (tertiary/aromatic N) is 9. The van der Waals surface area contributed by atoms with Gasteiger partial charge in [0.05, 0.1) is 17.0 Å². The minimum atomic E-state index is -0.923. The van der Waals surface area contributed by atoms with Gasteiger partial charge < -0.3 is 9.88 Å². The standard InChI is InChI=1S/C25H24N10O/c1-5-35-21(16-8-27-14(2)28-9-16)32-19-18(30-13-31-22(19)35)15-6-17-20(29-7-15)33-23(36)25(17,4)34-11-24(3,10-26)12-34/h6-9,13H,5,11-12H2,1-4H3,(H,29,33,36)/t25-/m1/s1. The first-order valence-electron chi connectivity index (χ1n) is 11.8. The van der Waals surface area contributed by atoms with Gasteiger partial charge in [-0.15, -0.1) is 0 Å². The molecule has 0 aliphatic carbocycles. The number of rotatable bonds is 4. The van der Waals surface area contributed by atoms with Crippen molar-refractivity contribution in [3.63, 3.8) is 0 Å². The van der Waals surface area contributed by atoms with Crippen LogP contribution in [0.25, 0.3) is 33.8 Å². The second kappa shape index (κ2) is 7.60. The highest BCUT2D eigenvalue weighted by Crippen LogP contribution is 2.46. The molecule has 2 aliphatic heterocycles. The minimum Gasteiger partial charge on any atom is -0.309 e. The van der Waals surface area contributed by atoms with Crippen LogP contribution in [0.4, 0.5) is 5.82 Å². The summed E-state index contributed by atoms with van der Waals surface area (Å²) in [7, 11) is 0. The lowest BCUT2D eigenvalue weighted by molar-refractivity contribution is -0.134. The third kappa shape index (κ3) is 3.04. The van der Waals surface area contributed by atoms with Crippen LogP contribution in [0, 0.1) is 23.7 Å². The number of nitriles is 1. The first-order valence-corrected chi connectivity index (χ1v) is 11.8. The van der Waals surface area contributed by atoms with Crippen molar-refractivity contribution in [1.29, 1.82) is 5.26 Å². The Morgan fingerprint density at radius 3 is 2.50 bits per heavy atom. The average molecular weight is 481 g/mol. The molecule has 4 aromatic rings. The van der Waals surface area contributed by atoms with E-state index in [1.807, 2.05) is 43.2 Å². The number of hydrogen-bond donors (Lipinski definition) is 1. The molecule has 0 radical (unpaired) electrons. The zero-order valence-corrected chi connectivity index (χ0v) is 20.4. The molecule has 0 bridgehead atoms. The van der Waals surface area contributed by atoms with E-state index in [0.717, 1.165) is 16.7 Å². The fourth-order valence-electron chi connectivity index (χ4n) is 5.09. The van der Waals surface area contributed by atoms with Crippen molar-refractivity contribution in [3.05, 3.63) is 42.4 Å². The van der Waals surface area contributed by atoms with Gasteiger partial charge in [0.15, 0.2) is 5.65 Å². The zero-order chi connectivity index (χ0) is 25.2. The lowest BCUT2D eigenvalue weighted by atomic mass is 9.77. The van der Waals surface area contributed by atoms with Gasteiger partial charge in [0.2, 0.25) is 0 Å². The summed E-state index contributed by atoms with van der Waals surface area (Å²) in [6, 6.07) is 4.30. The molecule has 1 saturated heterocycles. The lowest BCUT2D eigenvalue weighted by Gasteiger charge is -2.50. The molecule has 1 atom stereocenters. The molecule has 36 heavy (non-hydrogen) atoms. The number of aryl methyl sites for hydroxylation is 2. The quantitative estimate of drug-likeness (QED) is 0.467. The molecule has 11 nitrogen and oxygen atoms in total. The van der Waals surface area contributed by atoms with Crippen LogP contribution in [0.15, 0.2) is 31.0 Å². The summed E-state index contributed by atoms with van der Waals surface area (Å²) in [6.45, 7) is 9.34. The van der Waals surface area contributed by atoms with Crippen molar-refractivity contribution < 1.29 is 4.79 Å². The van der Waals surface area contributed by atoms with E-state index in [9.17, 15) is 10.1 Å². The molecule has 1 N–H and O–H groups in total. The highest BCUT2D eigenvalue weighted by atomic mass is 16.2. The van der Waals surface area contributed by atoms with Crippen LogP contribution in [-0.4, -0.2) is 58.4 Å². The molecule has 0 aromatic carbocycles. The summed E-state index contributed by atoms with van der Waals surface area (Å²) in [5, 5.41) is 12.4. The molecule has 180 valence electrons. The summed E-state index contributed by atoms with van der Waals surface area (Å²) in [6.07, 6.45) is 6.72. The van der Waals surface area contributed by atoms with E-state index >= 15 is 0 Å². The topological polar surface area (TPSA) is 138 Å². The number of nitrogens with one attached hydrogen (secondary N) is 1. The van der Waals surface area contributed by atoms with Crippen molar-refractivity contribution in [1.82, 2.24) is 39.4 Å². The van der Waals surface area contributed by atoms with Gasteiger partial charge in [0, 0.05) is 49.4 Å². The van der Waals surface area contributed by atoms with E-state index in [2.05, 4.69) is 36.3 Å². The number of carbonyl (C=O) groups excluding carboxylic acids is 1. The second-order valence-corrected chi connectivity index (χ2v) is 9.77. The third-order valence-electron chi connectivity index (χ3n) is 7.23. The Labute approximate surface area is 207 Å². The van der Waals surface area contributed by atoms with Gasteiger partial charge in [0.25, 0.3) is 5.91 Å². The molecule has 0 saturated carbocycles. The molecular weight excluding hydrogens is 456 g/mol. The predicted octanol–water partition coefficient (Wildman–Crippen LogP) is 2.69. The molecular formula is C25H24N10O. The molecule has 11 heteroatoms. The van der Waals surface area contributed by atoms with Crippen LogP contribution >= 0.6 is 0 Å². The zero-order valence-electron chi connectivity index (χ0n) is 20.4. The average Bonchev–Trinajstić information content (AvgIpc) is 3.37. The second-order valence-electron chi connectivity index (χ2n) is 9.77. The fraction of sp³-hybridized carbons (Fsp3) is 0.360. The molecule has 2 aliphatic rings. The number of fused-ring (bicyclic) bond motifs is 2. The van der Waals surface area contributed by atoms with Crippen LogP contribution in [0.1, 0.15) is 32.2 Å². The largest absolute Gasteiger partial charge is 0.309 e. The third-order valence-corrected chi connectivity index (χ3v) is 7.23. The Morgan fingerprint density at radius 2 is 1.81 bits per heavy atom. The maximum absolute atomic E-state index is 13.1. The molecule has 4 aromatic heterocycles. The predicted molar refractivity (Wildman–Crippen MR) is 131 cm³/mol. The van der Waals surface area contributed by atoms with Gasteiger partial charge in [0.1, 0.15) is 40.5 Å². The van der Waals surface area contributed by atoms with Gasteiger partial charge in [-0.25, -0.2) is 29.9 Å². The maximum atomic E-state index is 13.1. The van der Waals surface area contributed by atoms with Crippen LogP contribution in [-0.2, 0) is 16.9 Å². The summed E-state index contributed by atoms with van der Waals surface area (Å²) in [5.41, 5.74) is 2.87. The van der Waals surface area contributed by atoms with Crippen LogP contribution < -0.4 is 5.32 Å². The number of anilines is 1. The van der Waals surface area contributed by atoms with Crippen molar-refractivity contribution in [2.24, 2.45) is 5.41 Å². The monoisotopic (exact) mass is 480 g/mol. The lowest BCUT2D eigenvalue weighted by Crippen LogP contribution is -2.63. The Morgan fingerprint density at radius 1 is 1.08 bits per heavy atom. The van der Waals surface area contributed by atoms with Gasteiger partial charge in [-0.3, -0.25) is 9.69 Å². The molecule has 0 spiro atoms. The van der Waals surface area contributed by atoms with Crippen molar-refractivity contribution >= 4 is 22.9 Å². The number of aromatic nitrogens is 7.